The van der Waals surface area contributed by atoms with Crippen LogP contribution < -0.4 is 0 Å². The van der Waals surface area contributed by atoms with E-state index in [2.05, 4.69) is 27.9 Å². The third kappa shape index (κ3) is 3.39. The average Bonchev–Trinajstić information content (AvgIpc) is 2.43. The van der Waals surface area contributed by atoms with Gasteiger partial charge in [0.05, 0.1) is 7.11 Å². The van der Waals surface area contributed by atoms with Gasteiger partial charge in [0.1, 0.15) is 17.5 Å². The predicted octanol–water partition coefficient (Wildman–Crippen LogP) is 1.99. The zero-order chi connectivity index (χ0) is 13.5. The number of aliphatic imine (C=N–C) groups is 1. The van der Waals surface area contributed by atoms with Crippen LogP contribution in [0.25, 0.3) is 5.57 Å². The number of esters is 1. The molecular weight excluding hydrogens is 230 g/mol. The van der Waals surface area contributed by atoms with Crippen LogP contribution in [0.15, 0.2) is 42.2 Å². The molecule has 0 atom stereocenters. The van der Waals surface area contributed by atoms with Gasteiger partial charge in [-0.2, -0.15) is 5.26 Å². The molecule has 0 saturated carbocycles. The summed E-state index contributed by atoms with van der Waals surface area (Å²) in [6.45, 7) is 7.18. The number of hydrogen-bond donors (Lipinski definition) is 0. The molecule has 1 rings (SSSR count). The Bertz CT molecular complexity index is 551. The second-order valence-electron chi connectivity index (χ2n) is 3.27. The lowest BCUT2D eigenvalue weighted by atomic mass is 10.1. The third-order valence-corrected chi connectivity index (χ3v) is 2.03. The van der Waals surface area contributed by atoms with Gasteiger partial charge in [-0.1, -0.05) is 19.2 Å². The van der Waals surface area contributed by atoms with Crippen molar-refractivity contribution in [3.63, 3.8) is 0 Å². The van der Waals surface area contributed by atoms with Crippen LogP contribution in [0.4, 0.5) is 0 Å². The minimum atomic E-state index is -0.501. The highest BCUT2D eigenvalue weighted by Crippen LogP contribution is 2.10. The topological polar surface area (TPSA) is 75.3 Å². The van der Waals surface area contributed by atoms with Crippen molar-refractivity contribution in [2.24, 2.45) is 4.99 Å². The van der Waals surface area contributed by atoms with Gasteiger partial charge in [0, 0.05) is 18.0 Å². The van der Waals surface area contributed by atoms with E-state index >= 15 is 0 Å². The number of rotatable bonds is 4. The lowest BCUT2D eigenvalue weighted by molar-refractivity contribution is 0.0594. The second-order valence-corrected chi connectivity index (χ2v) is 3.27. The number of nitriles is 1. The molecule has 0 spiro atoms. The summed E-state index contributed by atoms with van der Waals surface area (Å²) in [7, 11) is 1.29. The molecule has 0 aliphatic heterocycles. The van der Waals surface area contributed by atoms with E-state index in [1.54, 1.807) is 12.1 Å². The van der Waals surface area contributed by atoms with E-state index in [9.17, 15) is 4.79 Å². The van der Waals surface area contributed by atoms with Crippen LogP contribution in [-0.4, -0.2) is 24.3 Å². The van der Waals surface area contributed by atoms with Crippen molar-refractivity contribution in [2.45, 2.75) is 0 Å². The molecule has 0 aliphatic rings. The lowest BCUT2D eigenvalue weighted by Crippen LogP contribution is -2.04. The summed E-state index contributed by atoms with van der Waals surface area (Å²) in [6, 6.07) is 4.99. The van der Waals surface area contributed by atoms with Gasteiger partial charge < -0.3 is 4.74 Å². The number of carbonyl (C=O) groups is 1. The number of carbonyl (C=O) groups excluding carboxylic acids is 1. The SMILES string of the molecule is C=C(C#N)N=CC(=C)c1ccc(C(=O)OC)nc1. The highest BCUT2D eigenvalue weighted by atomic mass is 16.5. The van der Waals surface area contributed by atoms with E-state index in [1.807, 2.05) is 0 Å². The molecule has 1 heterocycles. The number of ether oxygens (including phenoxy) is 1. The Morgan fingerprint density at radius 2 is 2.28 bits per heavy atom. The molecule has 18 heavy (non-hydrogen) atoms. The largest absolute Gasteiger partial charge is 0.464 e. The predicted molar refractivity (Wildman–Crippen MR) is 67.9 cm³/mol. The van der Waals surface area contributed by atoms with Gasteiger partial charge in [0.2, 0.25) is 0 Å². The first kappa shape index (κ1) is 13.3. The maximum absolute atomic E-state index is 11.2. The van der Waals surface area contributed by atoms with Crippen molar-refractivity contribution in [3.8, 4) is 6.07 Å². The Balaban J connectivity index is 2.83. The molecular formula is C13H11N3O2. The molecule has 5 heteroatoms. The summed E-state index contributed by atoms with van der Waals surface area (Å²) in [5.74, 6) is -0.501. The minimum absolute atomic E-state index is 0.0929. The molecule has 0 saturated heterocycles. The summed E-state index contributed by atoms with van der Waals surface area (Å²) < 4.78 is 4.53. The highest BCUT2D eigenvalue weighted by molar-refractivity contribution is 6.09. The first-order valence-corrected chi connectivity index (χ1v) is 4.95. The number of hydrogen-bond acceptors (Lipinski definition) is 5. The van der Waals surface area contributed by atoms with Crippen LogP contribution in [0, 0.1) is 11.3 Å². The molecule has 5 nitrogen and oxygen atoms in total. The Morgan fingerprint density at radius 1 is 1.56 bits per heavy atom. The van der Waals surface area contributed by atoms with E-state index in [0.29, 0.717) is 11.1 Å². The summed E-state index contributed by atoms with van der Waals surface area (Å²) in [5.41, 5.74) is 1.56. The molecule has 0 radical (unpaired) electrons. The van der Waals surface area contributed by atoms with Gasteiger partial charge in [-0.3, -0.25) is 0 Å². The maximum Gasteiger partial charge on any atom is 0.356 e. The maximum atomic E-state index is 11.2. The molecule has 1 aromatic heterocycles. The number of methoxy groups -OCH3 is 1. The first-order chi connectivity index (χ1) is 8.58. The Kier molecular flexibility index (Phi) is 4.52. The average molecular weight is 241 g/mol. The van der Waals surface area contributed by atoms with Gasteiger partial charge >= 0.3 is 5.97 Å². The number of aromatic nitrogens is 1. The monoisotopic (exact) mass is 241 g/mol. The number of nitrogens with zero attached hydrogens (tertiary/aromatic N) is 3. The Hall–Kier alpha value is -2.74. The van der Waals surface area contributed by atoms with E-state index in [4.69, 9.17) is 5.26 Å². The summed E-state index contributed by atoms with van der Waals surface area (Å²) in [6.07, 6.45) is 2.90. The molecule has 0 N–H and O–H groups in total. The molecule has 0 bridgehead atoms. The van der Waals surface area contributed by atoms with Gasteiger partial charge in [0.15, 0.2) is 0 Å². The van der Waals surface area contributed by atoms with Gasteiger partial charge in [0.25, 0.3) is 0 Å². The fraction of sp³-hybridized carbons (Fsp3) is 0.0769. The Labute approximate surface area is 105 Å². The molecule has 0 aromatic carbocycles. The van der Waals surface area contributed by atoms with E-state index in [1.165, 1.54) is 25.6 Å². The van der Waals surface area contributed by atoms with Crippen LogP contribution in [0.1, 0.15) is 16.1 Å². The van der Waals surface area contributed by atoms with Crippen molar-refractivity contribution in [2.75, 3.05) is 7.11 Å². The molecule has 0 aliphatic carbocycles. The van der Waals surface area contributed by atoms with E-state index in [-0.39, 0.29) is 11.4 Å². The van der Waals surface area contributed by atoms with Crippen molar-refractivity contribution >= 4 is 17.8 Å². The van der Waals surface area contributed by atoms with Crippen molar-refractivity contribution in [1.29, 1.82) is 5.26 Å². The second kappa shape index (κ2) is 6.11. The van der Waals surface area contributed by atoms with E-state index < -0.39 is 5.97 Å². The van der Waals surface area contributed by atoms with Gasteiger partial charge in [-0.05, 0) is 11.6 Å². The fourth-order valence-corrected chi connectivity index (χ4v) is 1.07. The van der Waals surface area contributed by atoms with Crippen molar-refractivity contribution < 1.29 is 9.53 Å². The van der Waals surface area contributed by atoms with E-state index in [0.717, 1.165) is 0 Å². The van der Waals surface area contributed by atoms with Crippen molar-refractivity contribution in [1.82, 2.24) is 4.98 Å². The Morgan fingerprint density at radius 3 is 2.78 bits per heavy atom. The number of pyridine rings is 1. The molecule has 90 valence electrons. The standard InChI is InChI=1S/C13H11N3O2/c1-9(7-15-10(2)6-14)11-4-5-12(16-8-11)13(17)18-3/h4-5,7-8H,1-2H2,3H3. The molecule has 0 amide bonds. The highest BCUT2D eigenvalue weighted by Gasteiger charge is 2.06. The lowest BCUT2D eigenvalue weighted by Gasteiger charge is -2.01. The van der Waals surface area contributed by atoms with Crippen LogP contribution in [0.3, 0.4) is 0 Å². The van der Waals surface area contributed by atoms with Crippen molar-refractivity contribution in [3.05, 3.63) is 48.4 Å². The molecule has 0 unspecified atom stereocenters. The summed E-state index contributed by atoms with van der Waals surface area (Å²) >= 11 is 0. The zero-order valence-corrected chi connectivity index (χ0v) is 9.88. The zero-order valence-electron chi connectivity index (χ0n) is 9.88. The van der Waals surface area contributed by atoms with Crippen LogP contribution >= 0.6 is 0 Å². The van der Waals surface area contributed by atoms with Crippen LogP contribution in [0.2, 0.25) is 0 Å². The van der Waals surface area contributed by atoms with Crippen LogP contribution in [0.5, 0.6) is 0 Å². The normalized spacial score (nSPS) is 9.78. The van der Waals surface area contributed by atoms with Crippen LogP contribution in [-0.2, 0) is 4.74 Å². The summed E-state index contributed by atoms with van der Waals surface area (Å²) in [4.78, 5) is 18.9. The smallest absolute Gasteiger partial charge is 0.356 e. The molecule has 0 fully saturated rings. The fourth-order valence-electron chi connectivity index (χ4n) is 1.07. The first-order valence-electron chi connectivity index (χ1n) is 4.95. The van der Waals surface area contributed by atoms with Gasteiger partial charge in [-0.15, -0.1) is 0 Å². The quantitative estimate of drug-likeness (QED) is 0.459. The minimum Gasteiger partial charge on any atom is -0.464 e. The third-order valence-electron chi connectivity index (χ3n) is 2.03. The number of allylic oxidation sites excluding steroid dienone is 2. The molecule has 1 aromatic rings. The summed E-state index contributed by atoms with van der Waals surface area (Å²) in [5, 5.41) is 8.49. The van der Waals surface area contributed by atoms with Gasteiger partial charge in [-0.25, -0.2) is 14.8 Å².